The summed E-state index contributed by atoms with van der Waals surface area (Å²) in [6.45, 7) is 5.98. The highest BCUT2D eigenvalue weighted by Crippen LogP contribution is 2.13. The van der Waals surface area contributed by atoms with Crippen molar-refractivity contribution in [2.45, 2.75) is 38.8 Å². The summed E-state index contributed by atoms with van der Waals surface area (Å²) in [5.41, 5.74) is 0. The minimum atomic E-state index is -0.436. The van der Waals surface area contributed by atoms with Crippen LogP contribution < -0.4 is 16.0 Å². The molecular formula is C12H24N4O2. The maximum Gasteiger partial charge on any atom is 0.321 e. The molecule has 1 fully saturated rings. The van der Waals surface area contributed by atoms with Crippen LogP contribution in [-0.2, 0) is 4.79 Å². The van der Waals surface area contributed by atoms with Gasteiger partial charge in [0.25, 0.3) is 0 Å². The molecule has 0 aromatic rings. The number of carbonyl (C=O) groups excluding carboxylic acids is 2. The zero-order valence-corrected chi connectivity index (χ0v) is 11.5. The first-order valence-corrected chi connectivity index (χ1v) is 6.57. The van der Waals surface area contributed by atoms with Crippen LogP contribution in [0.25, 0.3) is 0 Å². The molecule has 104 valence electrons. The van der Waals surface area contributed by atoms with Crippen molar-refractivity contribution in [1.29, 1.82) is 0 Å². The van der Waals surface area contributed by atoms with E-state index < -0.39 is 6.03 Å². The molecule has 1 heterocycles. The van der Waals surface area contributed by atoms with Gasteiger partial charge in [-0.1, -0.05) is 0 Å². The number of imide groups is 1. The van der Waals surface area contributed by atoms with Gasteiger partial charge in [0.05, 0.1) is 6.04 Å². The van der Waals surface area contributed by atoms with E-state index in [1.165, 1.54) is 6.42 Å². The van der Waals surface area contributed by atoms with Gasteiger partial charge < -0.3 is 15.5 Å². The number of amides is 3. The SMILES string of the molecule is CCNC(=O)NC(=O)C(C)NCC1CCCN1C. The number of urea groups is 1. The maximum atomic E-state index is 11.7. The lowest BCUT2D eigenvalue weighted by molar-refractivity contribution is -0.121. The lowest BCUT2D eigenvalue weighted by Gasteiger charge is -2.22. The molecule has 3 amide bonds. The van der Waals surface area contributed by atoms with E-state index in [1.54, 1.807) is 6.92 Å². The molecule has 0 saturated carbocycles. The van der Waals surface area contributed by atoms with Gasteiger partial charge in [-0.2, -0.15) is 0 Å². The van der Waals surface area contributed by atoms with E-state index in [2.05, 4.69) is 27.9 Å². The molecule has 2 unspecified atom stereocenters. The van der Waals surface area contributed by atoms with Crippen LogP contribution in [-0.4, -0.2) is 55.6 Å². The molecule has 1 aliphatic heterocycles. The average molecular weight is 256 g/mol. The second-order valence-corrected chi connectivity index (χ2v) is 4.76. The molecule has 18 heavy (non-hydrogen) atoms. The molecule has 1 aliphatic rings. The zero-order chi connectivity index (χ0) is 13.5. The van der Waals surface area contributed by atoms with Crippen molar-refractivity contribution in [2.24, 2.45) is 0 Å². The highest BCUT2D eigenvalue weighted by atomic mass is 16.2. The van der Waals surface area contributed by atoms with Gasteiger partial charge in [-0.15, -0.1) is 0 Å². The molecule has 2 atom stereocenters. The minimum Gasteiger partial charge on any atom is -0.338 e. The first-order chi connectivity index (χ1) is 8.54. The fourth-order valence-corrected chi connectivity index (χ4v) is 2.07. The van der Waals surface area contributed by atoms with Crippen molar-refractivity contribution in [2.75, 3.05) is 26.7 Å². The Morgan fingerprint density at radius 1 is 1.44 bits per heavy atom. The summed E-state index contributed by atoms with van der Waals surface area (Å²) in [6.07, 6.45) is 2.37. The number of rotatable bonds is 5. The van der Waals surface area contributed by atoms with Crippen LogP contribution in [0.3, 0.4) is 0 Å². The molecule has 6 heteroatoms. The normalized spacial score (nSPS) is 21.6. The van der Waals surface area contributed by atoms with Gasteiger partial charge in [-0.3, -0.25) is 10.1 Å². The Balaban J connectivity index is 2.25. The van der Waals surface area contributed by atoms with Crippen molar-refractivity contribution in [3.05, 3.63) is 0 Å². The largest absolute Gasteiger partial charge is 0.338 e. The summed E-state index contributed by atoms with van der Waals surface area (Å²) in [4.78, 5) is 25.2. The van der Waals surface area contributed by atoms with Crippen molar-refractivity contribution in [1.82, 2.24) is 20.9 Å². The molecule has 0 spiro atoms. The van der Waals surface area contributed by atoms with E-state index in [0.29, 0.717) is 12.6 Å². The second-order valence-electron chi connectivity index (χ2n) is 4.76. The van der Waals surface area contributed by atoms with Crippen LogP contribution in [0.15, 0.2) is 0 Å². The molecule has 0 aromatic heterocycles. The molecule has 6 nitrogen and oxygen atoms in total. The van der Waals surface area contributed by atoms with Crippen molar-refractivity contribution < 1.29 is 9.59 Å². The number of nitrogens with one attached hydrogen (secondary N) is 3. The fourth-order valence-electron chi connectivity index (χ4n) is 2.07. The summed E-state index contributed by atoms with van der Waals surface area (Å²) < 4.78 is 0. The summed E-state index contributed by atoms with van der Waals surface area (Å²) in [5, 5.41) is 8.00. The minimum absolute atomic E-state index is 0.290. The third-order valence-corrected chi connectivity index (χ3v) is 3.30. The molecule has 1 saturated heterocycles. The lowest BCUT2D eigenvalue weighted by atomic mass is 10.2. The van der Waals surface area contributed by atoms with Crippen LogP contribution in [0.2, 0.25) is 0 Å². The Morgan fingerprint density at radius 3 is 2.72 bits per heavy atom. The lowest BCUT2D eigenvalue weighted by Crippen LogP contribution is -2.50. The molecule has 0 aliphatic carbocycles. The van der Waals surface area contributed by atoms with Crippen LogP contribution >= 0.6 is 0 Å². The van der Waals surface area contributed by atoms with Crippen LogP contribution in [0, 0.1) is 0 Å². The van der Waals surface area contributed by atoms with E-state index >= 15 is 0 Å². The van der Waals surface area contributed by atoms with E-state index in [9.17, 15) is 9.59 Å². The molecule has 0 bridgehead atoms. The third-order valence-electron chi connectivity index (χ3n) is 3.30. The topological polar surface area (TPSA) is 73.5 Å². The zero-order valence-electron chi connectivity index (χ0n) is 11.5. The Hall–Kier alpha value is -1.14. The predicted molar refractivity (Wildman–Crippen MR) is 70.3 cm³/mol. The van der Waals surface area contributed by atoms with Gasteiger partial charge in [0, 0.05) is 19.1 Å². The summed E-state index contributed by atoms with van der Waals surface area (Å²) in [7, 11) is 2.10. The van der Waals surface area contributed by atoms with Crippen molar-refractivity contribution >= 4 is 11.9 Å². The van der Waals surface area contributed by atoms with E-state index in [4.69, 9.17) is 0 Å². The quantitative estimate of drug-likeness (QED) is 0.642. The summed E-state index contributed by atoms with van der Waals surface area (Å²) in [5.74, 6) is -0.290. The van der Waals surface area contributed by atoms with Gasteiger partial charge in [0.15, 0.2) is 0 Å². The number of likely N-dealkylation sites (tertiary alicyclic amines) is 1. The summed E-state index contributed by atoms with van der Waals surface area (Å²) >= 11 is 0. The highest BCUT2D eigenvalue weighted by molar-refractivity contribution is 5.96. The highest BCUT2D eigenvalue weighted by Gasteiger charge is 2.22. The summed E-state index contributed by atoms with van der Waals surface area (Å²) in [6, 6.07) is -0.305. The van der Waals surface area contributed by atoms with Gasteiger partial charge in [-0.25, -0.2) is 4.79 Å². The maximum absolute atomic E-state index is 11.7. The Morgan fingerprint density at radius 2 is 2.17 bits per heavy atom. The number of nitrogens with zero attached hydrogens (tertiary/aromatic N) is 1. The number of hydrogen-bond acceptors (Lipinski definition) is 4. The first kappa shape index (κ1) is 14.9. The first-order valence-electron chi connectivity index (χ1n) is 6.57. The van der Waals surface area contributed by atoms with Crippen molar-refractivity contribution in [3.8, 4) is 0 Å². The molecule has 1 rings (SSSR count). The average Bonchev–Trinajstić information content (AvgIpc) is 2.72. The van der Waals surface area contributed by atoms with Crippen molar-refractivity contribution in [3.63, 3.8) is 0 Å². The number of hydrogen-bond donors (Lipinski definition) is 3. The predicted octanol–water partition coefficient (Wildman–Crippen LogP) is -0.0956. The van der Waals surface area contributed by atoms with Gasteiger partial charge >= 0.3 is 6.03 Å². The Labute approximate surface area is 108 Å². The monoisotopic (exact) mass is 256 g/mol. The Bertz CT molecular complexity index is 296. The van der Waals surface area contributed by atoms with Gasteiger partial charge in [0.2, 0.25) is 5.91 Å². The van der Waals surface area contributed by atoms with E-state index in [-0.39, 0.29) is 11.9 Å². The van der Waals surface area contributed by atoms with E-state index in [1.807, 2.05) is 6.92 Å². The number of likely N-dealkylation sites (N-methyl/N-ethyl adjacent to an activating group) is 1. The molecule has 0 radical (unpaired) electrons. The van der Waals surface area contributed by atoms with E-state index in [0.717, 1.165) is 19.5 Å². The smallest absolute Gasteiger partial charge is 0.321 e. The van der Waals surface area contributed by atoms with Gasteiger partial charge in [0.1, 0.15) is 0 Å². The van der Waals surface area contributed by atoms with Crippen LogP contribution in [0.1, 0.15) is 26.7 Å². The third kappa shape index (κ3) is 4.62. The molecular weight excluding hydrogens is 232 g/mol. The number of carbonyl (C=O) groups is 2. The van der Waals surface area contributed by atoms with Gasteiger partial charge in [-0.05, 0) is 40.3 Å². The molecule has 3 N–H and O–H groups in total. The van der Waals surface area contributed by atoms with Crippen LogP contribution in [0.4, 0.5) is 4.79 Å². The Kier molecular flexibility index (Phi) is 6.07. The second kappa shape index (κ2) is 7.33. The fraction of sp³-hybridized carbons (Fsp3) is 0.833. The standard InChI is InChI=1S/C12H24N4O2/c1-4-13-12(18)15-11(17)9(2)14-8-10-6-5-7-16(10)3/h9-10,14H,4-8H2,1-3H3,(H2,13,15,17,18). The van der Waals surface area contributed by atoms with Crippen LogP contribution in [0.5, 0.6) is 0 Å². The molecule has 0 aromatic carbocycles.